The molecule has 7 heteroatoms. The van der Waals surface area contributed by atoms with Gasteiger partial charge in [0.1, 0.15) is 0 Å². The number of nitrogens with one attached hydrogen (secondary N) is 3. The van der Waals surface area contributed by atoms with Crippen molar-refractivity contribution in [3.8, 4) is 0 Å². The maximum absolute atomic E-state index is 11.9. The summed E-state index contributed by atoms with van der Waals surface area (Å²) in [6, 6.07) is 8.19. The van der Waals surface area contributed by atoms with Crippen LogP contribution in [0, 0.1) is 0 Å². The number of hydrogen-bond donors (Lipinski definition) is 3. The number of hydrogen-bond acceptors (Lipinski definition) is 2. The third-order valence-corrected chi connectivity index (χ3v) is 4.15. The van der Waals surface area contributed by atoms with Gasteiger partial charge in [-0.25, -0.2) is 0 Å². The average molecular weight is 525 g/mol. The zero-order valence-corrected chi connectivity index (χ0v) is 19.8. The number of amides is 1. The van der Waals surface area contributed by atoms with Gasteiger partial charge in [-0.2, -0.15) is 0 Å². The summed E-state index contributed by atoms with van der Waals surface area (Å²) in [4.78, 5) is 16.1. The summed E-state index contributed by atoms with van der Waals surface area (Å²) >= 11 is 3.61. The van der Waals surface area contributed by atoms with Crippen LogP contribution >= 0.6 is 39.9 Å². The molecule has 5 nitrogen and oxygen atoms in total. The van der Waals surface area contributed by atoms with Crippen LogP contribution in [0.25, 0.3) is 0 Å². The molecule has 0 aliphatic rings. The zero-order valence-electron chi connectivity index (χ0n) is 15.9. The summed E-state index contributed by atoms with van der Waals surface area (Å²) < 4.78 is 1.09. The maximum atomic E-state index is 11.9. The number of nitrogens with zero attached hydrogens (tertiary/aromatic N) is 1. The van der Waals surface area contributed by atoms with Crippen molar-refractivity contribution >= 4 is 51.8 Å². The summed E-state index contributed by atoms with van der Waals surface area (Å²) in [7, 11) is 1.70. The van der Waals surface area contributed by atoms with Crippen LogP contribution in [0.1, 0.15) is 40.2 Å². The first-order valence-electron chi connectivity index (χ1n) is 8.06. The molecular formula is C18H30BrIN4O. The van der Waals surface area contributed by atoms with Gasteiger partial charge >= 0.3 is 0 Å². The summed E-state index contributed by atoms with van der Waals surface area (Å²) in [6.07, 6.45) is 0. The molecule has 0 aromatic heterocycles. The minimum absolute atomic E-state index is 0. The van der Waals surface area contributed by atoms with Crippen LogP contribution in [0.15, 0.2) is 33.7 Å². The van der Waals surface area contributed by atoms with Crippen molar-refractivity contribution in [2.75, 3.05) is 20.1 Å². The second-order valence-corrected chi connectivity index (χ2v) is 8.30. The van der Waals surface area contributed by atoms with Crippen LogP contribution in [0.4, 0.5) is 0 Å². The molecule has 3 N–H and O–H groups in total. The zero-order chi connectivity index (χ0) is 18.4. The van der Waals surface area contributed by atoms with Gasteiger partial charge in [-0.15, -0.1) is 24.0 Å². The number of aliphatic imine (C=N–C) groups is 1. The van der Waals surface area contributed by atoms with E-state index in [1.54, 1.807) is 7.05 Å². The fourth-order valence-electron chi connectivity index (χ4n) is 2.26. The van der Waals surface area contributed by atoms with Gasteiger partial charge in [-0.3, -0.25) is 9.79 Å². The van der Waals surface area contributed by atoms with Crippen LogP contribution in [0.3, 0.4) is 0 Å². The normalized spacial score (nSPS) is 12.2. The van der Waals surface area contributed by atoms with Gasteiger partial charge in [0.2, 0.25) is 5.91 Å². The third-order valence-electron chi connectivity index (χ3n) is 3.46. The molecular weight excluding hydrogens is 495 g/mol. The Bertz CT molecular complexity index is 597. The highest BCUT2D eigenvalue weighted by molar-refractivity contribution is 14.0. The van der Waals surface area contributed by atoms with Crippen molar-refractivity contribution < 1.29 is 4.79 Å². The monoisotopic (exact) mass is 524 g/mol. The molecule has 1 amide bonds. The smallest absolute Gasteiger partial charge is 0.239 e. The lowest BCUT2D eigenvalue weighted by Gasteiger charge is -2.28. The van der Waals surface area contributed by atoms with Gasteiger partial charge < -0.3 is 16.0 Å². The predicted molar refractivity (Wildman–Crippen MR) is 120 cm³/mol. The lowest BCUT2D eigenvalue weighted by molar-refractivity contribution is -0.121. The van der Waals surface area contributed by atoms with E-state index in [1.165, 1.54) is 5.56 Å². The van der Waals surface area contributed by atoms with Gasteiger partial charge in [-0.05, 0) is 32.4 Å². The molecule has 0 unspecified atom stereocenters. The highest BCUT2D eigenvalue weighted by Gasteiger charge is 2.23. The molecule has 0 aliphatic carbocycles. The molecule has 0 spiro atoms. The number of halogens is 2. The van der Waals surface area contributed by atoms with Gasteiger partial charge in [0.05, 0.1) is 6.54 Å². The van der Waals surface area contributed by atoms with Crippen molar-refractivity contribution in [1.29, 1.82) is 0 Å². The Balaban J connectivity index is 0.00000576. The average Bonchev–Trinajstić information content (AvgIpc) is 2.45. The largest absolute Gasteiger partial charge is 0.356 e. The number of carbonyl (C=O) groups is 1. The van der Waals surface area contributed by atoms with Crippen LogP contribution < -0.4 is 16.0 Å². The second kappa shape index (κ2) is 10.4. The summed E-state index contributed by atoms with van der Waals surface area (Å²) in [6.45, 7) is 11.1. The van der Waals surface area contributed by atoms with Crippen LogP contribution in [0.5, 0.6) is 0 Å². The van der Waals surface area contributed by atoms with Crippen LogP contribution in [0.2, 0.25) is 0 Å². The molecule has 1 aromatic carbocycles. The second-order valence-electron chi connectivity index (χ2n) is 7.44. The quantitative estimate of drug-likeness (QED) is 0.314. The minimum Gasteiger partial charge on any atom is -0.356 e. The first kappa shape index (κ1) is 24.2. The van der Waals surface area contributed by atoms with Gasteiger partial charge in [-0.1, -0.05) is 48.0 Å². The van der Waals surface area contributed by atoms with Crippen molar-refractivity contribution in [3.63, 3.8) is 0 Å². The molecule has 0 heterocycles. The van der Waals surface area contributed by atoms with Crippen LogP contribution in [-0.4, -0.2) is 37.5 Å². The van der Waals surface area contributed by atoms with Crippen LogP contribution in [-0.2, 0) is 10.2 Å². The summed E-state index contributed by atoms with van der Waals surface area (Å²) in [5.74, 6) is 0.551. The Hall–Kier alpha value is -0.830. The molecule has 142 valence electrons. The van der Waals surface area contributed by atoms with E-state index in [4.69, 9.17) is 0 Å². The van der Waals surface area contributed by atoms with Crippen molar-refractivity contribution in [1.82, 2.24) is 16.0 Å². The molecule has 1 rings (SSSR count). The fourth-order valence-corrected chi connectivity index (χ4v) is 3.08. The molecule has 1 aromatic rings. The molecule has 0 bridgehead atoms. The number of carbonyl (C=O) groups excluding carboxylic acids is 1. The first-order chi connectivity index (χ1) is 11.0. The van der Waals surface area contributed by atoms with Gasteiger partial charge in [0.15, 0.2) is 5.96 Å². The van der Waals surface area contributed by atoms with E-state index >= 15 is 0 Å². The Morgan fingerprint density at radius 1 is 1.12 bits per heavy atom. The lowest BCUT2D eigenvalue weighted by atomic mass is 9.84. The van der Waals surface area contributed by atoms with E-state index < -0.39 is 0 Å². The Labute approximate surface area is 177 Å². The molecule has 0 saturated heterocycles. The number of benzene rings is 1. The van der Waals surface area contributed by atoms with Gasteiger partial charge in [0.25, 0.3) is 0 Å². The SMILES string of the molecule is CN=C(NCC(=O)NC(C)(C)C)NCC(C)(C)c1ccccc1Br.I. The predicted octanol–water partition coefficient (Wildman–Crippen LogP) is 3.42. The van der Waals surface area contributed by atoms with E-state index in [1.807, 2.05) is 39.0 Å². The van der Waals surface area contributed by atoms with Gasteiger partial charge in [0, 0.05) is 29.0 Å². The van der Waals surface area contributed by atoms with E-state index in [9.17, 15) is 4.79 Å². The first-order valence-corrected chi connectivity index (χ1v) is 8.85. The fraction of sp³-hybridized carbons (Fsp3) is 0.556. The Kier molecular flexibility index (Phi) is 10.0. The highest BCUT2D eigenvalue weighted by Crippen LogP contribution is 2.29. The number of guanidine groups is 1. The standard InChI is InChI=1S/C18H29BrN4O.HI/c1-17(2,3)23-15(24)11-21-16(20-6)22-12-18(4,5)13-9-7-8-10-14(13)19;/h7-10H,11-12H2,1-6H3,(H,23,24)(H2,20,21,22);1H. The maximum Gasteiger partial charge on any atom is 0.239 e. The highest BCUT2D eigenvalue weighted by atomic mass is 127. The van der Waals surface area contributed by atoms with E-state index in [-0.39, 0.29) is 47.4 Å². The Morgan fingerprint density at radius 3 is 2.24 bits per heavy atom. The number of rotatable bonds is 5. The van der Waals surface area contributed by atoms with E-state index in [0.717, 1.165) is 4.47 Å². The van der Waals surface area contributed by atoms with E-state index in [2.05, 4.69) is 56.8 Å². The van der Waals surface area contributed by atoms with E-state index in [0.29, 0.717) is 12.5 Å². The third kappa shape index (κ3) is 8.89. The molecule has 0 aliphatic heterocycles. The summed E-state index contributed by atoms with van der Waals surface area (Å²) in [5, 5.41) is 9.25. The molecule has 0 saturated carbocycles. The van der Waals surface area contributed by atoms with Crippen molar-refractivity contribution in [3.05, 3.63) is 34.3 Å². The summed E-state index contributed by atoms with van der Waals surface area (Å²) in [5.41, 5.74) is 0.890. The molecule has 0 radical (unpaired) electrons. The molecule has 0 fully saturated rings. The lowest BCUT2D eigenvalue weighted by Crippen LogP contribution is -2.49. The minimum atomic E-state index is -0.239. The molecule has 25 heavy (non-hydrogen) atoms. The topological polar surface area (TPSA) is 65.5 Å². The molecule has 0 atom stereocenters. The van der Waals surface area contributed by atoms with Crippen molar-refractivity contribution in [2.45, 2.75) is 45.6 Å². The Morgan fingerprint density at radius 2 is 1.72 bits per heavy atom. The van der Waals surface area contributed by atoms with Crippen molar-refractivity contribution in [2.24, 2.45) is 4.99 Å².